The van der Waals surface area contributed by atoms with Gasteiger partial charge in [-0.3, -0.25) is 4.79 Å². The van der Waals surface area contributed by atoms with E-state index in [2.05, 4.69) is 5.32 Å². The van der Waals surface area contributed by atoms with E-state index in [-0.39, 0.29) is 5.91 Å². The van der Waals surface area contributed by atoms with Crippen molar-refractivity contribution in [2.75, 3.05) is 18.5 Å². The van der Waals surface area contributed by atoms with Crippen LogP contribution in [0.4, 0.5) is 5.69 Å². The van der Waals surface area contributed by atoms with E-state index >= 15 is 0 Å². The van der Waals surface area contributed by atoms with Gasteiger partial charge in [0.05, 0.1) is 13.2 Å². The molecular weight excluding hydrogens is 314 g/mol. The van der Waals surface area contributed by atoms with Crippen LogP contribution in [0.15, 0.2) is 42.5 Å². The molecule has 0 atom stereocenters. The predicted octanol–water partition coefficient (Wildman–Crippen LogP) is 4.78. The fourth-order valence-corrected chi connectivity index (χ4v) is 2.11. The minimum Gasteiger partial charge on any atom is -0.490 e. The Morgan fingerprint density at radius 3 is 2.43 bits per heavy atom. The standard InChI is InChI=1S/C18H20ClNO3/c1-3-11-23-16-10-5-13(12-17(16)22-4-2)18(21)20-15-8-6-14(19)7-9-15/h5-10,12H,3-4,11H2,1-2H3,(H,20,21). The molecule has 0 spiro atoms. The maximum atomic E-state index is 12.3. The van der Waals surface area contributed by atoms with Crippen LogP contribution in [-0.4, -0.2) is 19.1 Å². The van der Waals surface area contributed by atoms with Crippen LogP contribution in [-0.2, 0) is 0 Å². The van der Waals surface area contributed by atoms with Gasteiger partial charge < -0.3 is 14.8 Å². The molecule has 0 bridgehead atoms. The van der Waals surface area contributed by atoms with Gasteiger partial charge in [0.2, 0.25) is 0 Å². The molecule has 0 heterocycles. The Morgan fingerprint density at radius 2 is 1.78 bits per heavy atom. The summed E-state index contributed by atoms with van der Waals surface area (Å²) in [7, 11) is 0. The lowest BCUT2D eigenvalue weighted by molar-refractivity contribution is 0.102. The summed E-state index contributed by atoms with van der Waals surface area (Å²) in [4.78, 5) is 12.3. The second-order valence-corrected chi connectivity index (χ2v) is 5.34. The first kappa shape index (κ1) is 17.2. The lowest BCUT2D eigenvalue weighted by Gasteiger charge is -2.13. The number of carbonyl (C=O) groups excluding carboxylic acids is 1. The van der Waals surface area contributed by atoms with Crippen molar-refractivity contribution in [3.63, 3.8) is 0 Å². The van der Waals surface area contributed by atoms with Crippen molar-refractivity contribution < 1.29 is 14.3 Å². The molecule has 0 aliphatic carbocycles. The van der Waals surface area contributed by atoms with Gasteiger partial charge in [-0.15, -0.1) is 0 Å². The molecule has 5 heteroatoms. The lowest BCUT2D eigenvalue weighted by Crippen LogP contribution is -2.12. The number of benzene rings is 2. The van der Waals surface area contributed by atoms with Gasteiger partial charge in [0.15, 0.2) is 11.5 Å². The third-order valence-corrected chi connectivity index (χ3v) is 3.32. The van der Waals surface area contributed by atoms with E-state index in [0.717, 1.165) is 6.42 Å². The van der Waals surface area contributed by atoms with Gasteiger partial charge in [-0.25, -0.2) is 0 Å². The predicted molar refractivity (Wildman–Crippen MR) is 92.8 cm³/mol. The van der Waals surface area contributed by atoms with Crippen LogP contribution < -0.4 is 14.8 Å². The number of anilines is 1. The fourth-order valence-electron chi connectivity index (χ4n) is 1.99. The van der Waals surface area contributed by atoms with Gasteiger partial charge >= 0.3 is 0 Å². The number of carbonyl (C=O) groups is 1. The molecule has 122 valence electrons. The highest BCUT2D eigenvalue weighted by Gasteiger charge is 2.12. The van der Waals surface area contributed by atoms with Gasteiger partial charge in [-0.2, -0.15) is 0 Å². The van der Waals surface area contributed by atoms with Crippen molar-refractivity contribution in [1.29, 1.82) is 0 Å². The number of nitrogens with one attached hydrogen (secondary N) is 1. The number of halogens is 1. The number of amides is 1. The third-order valence-electron chi connectivity index (χ3n) is 3.07. The van der Waals surface area contributed by atoms with Gasteiger partial charge in [0.1, 0.15) is 0 Å². The summed E-state index contributed by atoms with van der Waals surface area (Å²) < 4.78 is 11.2. The molecule has 2 aromatic carbocycles. The SMILES string of the molecule is CCCOc1ccc(C(=O)Nc2ccc(Cl)cc2)cc1OCC. The van der Waals surface area contributed by atoms with E-state index in [1.807, 2.05) is 13.8 Å². The Morgan fingerprint density at radius 1 is 1.04 bits per heavy atom. The number of ether oxygens (including phenoxy) is 2. The largest absolute Gasteiger partial charge is 0.490 e. The van der Waals surface area contributed by atoms with Crippen molar-refractivity contribution in [3.05, 3.63) is 53.1 Å². The minimum atomic E-state index is -0.213. The monoisotopic (exact) mass is 333 g/mol. The zero-order chi connectivity index (χ0) is 16.7. The van der Waals surface area contributed by atoms with Gasteiger partial charge in [-0.1, -0.05) is 18.5 Å². The molecule has 0 saturated carbocycles. The molecule has 0 aromatic heterocycles. The molecule has 0 fully saturated rings. The molecule has 0 unspecified atom stereocenters. The summed E-state index contributed by atoms with van der Waals surface area (Å²) in [5.41, 5.74) is 1.19. The summed E-state index contributed by atoms with van der Waals surface area (Å²) in [6.07, 6.45) is 0.907. The van der Waals surface area contributed by atoms with Crippen LogP contribution in [0.1, 0.15) is 30.6 Å². The van der Waals surface area contributed by atoms with E-state index in [0.29, 0.717) is 41.0 Å². The van der Waals surface area contributed by atoms with E-state index in [1.54, 1.807) is 42.5 Å². The van der Waals surface area contributed by atoms with Crippen LogP contribution in [0.3, 0.4) is 0 Å². The molecule has 0 aliphatic rings. The van der Waals surface area contributed by atoms with E-state index in [4.69, 9.17) is 21.1 Å². The first-order valence-corrected chi connectivity index (χ1v) is 7.98. The summed E-state index contributed by atoms with van der Waals surface area (Å²) in [5.74, 6) is 1.01. The van der Waals surface area contributed by atoms with Crippen LogP contribution >= 0.6 is 11.6 Å². The first-order chi connectivity index (χ1) is 11.1. The molecule has 2 rings (SSSR count). The smallest absolute Gasteiger partial charge is 0.255 e. The molecule has 2 aromatic rings. The Labute approximate surface area is 141 Å². The lowest BCUT2D eigenvalue weighted by atomic mass is 10.2. The van der Waals surface area contributed by atoms with Crippen LogP contribution in [0.5, 0.6) is 11.5 Å². The molecule has 23 heavy (non-hydrogen) atoms. The normalized spacial score (nSPS) is 10.2. The number of rotatable bonds is 7. The van der Waals surface area contributed by atoms with Crippen LogP contribution in [0, 0.1) is 0 Å². The topological polar surface area (TPSA) is 47.6 Å². The first-order valence-electron chi connectivity index (χ1n) is 7.60. The van der Waals surface area contributed by atoms with Crippen LogP contribution in [0.2, 0.25) is 5.02 Å². The molecule has 1 amide bonds. The van der Waals surface area contributed by atoms with Gasteiger partial charge in [0, 0.05) is 16.3 Å². The zero-order valence-corrected chi connectivity index (χ0v) is 14.0. The summed E-state index contributed by atoms with van der Waals surface area (Å²) in [6.45, 7) is 5.04. The Kier molecular flexibility index (Phi) is 6.29. The molecule has 0 saturated heterocycles. The highest BCUT2D eigenvalue weighted by molar-refractivity contribution is 6.30. The second kappa shape index (κ2) is 8.44. The number of hydrogen-bond acceptors (Lipinski definition) is 3. The Balaban J connectivity index is 2.16. The summed E-state index contributed by atoms with van der Waals surface area (Å²) >= 11 is 5.84. The van der Waals surface area contributed by atoms with Gasteiger partial charge in [0.25, 0.3) is 5.91 Å². The van der Waals surface area contributed by atoms with Crippen molar-refractivity contribution >= 4 is 23.2 Å². The van der Waals surface area contributed by atoms with Crippen molar-refractivity contribution in [2.45, 2.75) is 20.3 Å². The quantitative estimate of drug-likeness (QED) is 0.793. The summed E-state index contributed by atoms with van der Waals surface area (Å²) in [6, 6.07) is 12.1. The minimum absolute atomic E-state index is 0.213. The molecular formula is C18H20ClNO3. The Bertz CT molecular complexity index is 656. The van der Waals surface area contributed by atoms with Crippen molar-refractivity contribution in [2.24, 2.45) is 0 Å². The van der Waals surface area contributed by atoms with E-state index in [9.17, 15) is 4.79 Å². The fraction of sp³-hybridized carbons (Fsp3) is 0.278. The maximum absolute atomic E-state index is 12.3. The second-order valence-electron chi connectivity index (χ2n) is 4.90. The average molecular weight is 334 g/mol. The average Bonchev–Trinajstić information content (AvgIpc) is 2.56. The van der Waals surface area contributed by atoms with Crippen molar-refractivity contribution in [3.8, 4) is 11.5 Å². The van der Waals surface area contributed by atoms with Gasteiger partial charge in [-0.05, 0) is 55.8 Å². The van der Waals surface area contributed by atoms with Crippen LogP contribution in [0.25, 0.3) is 0 Å². The highest BCUT2D eigenvalue weighted by Crippen LogP contribution is 2.29. The van der Waals surface area contributed by atoms with Crippen molar-refractivity contribution in [1.82, 2.24) is 0 Å². The molecule has 4 nitrogen and oxygen atoms in total. The molecule has 1 N–H and O–H groups in total. The zero-order valence-electron chi connectivity index (χ0n) is 13.3. The Hall–Kier alpha value is -2.20. The third kappa shape index (κ3) is 4.89. The van der Waals surface area contributed by atoms with E-state index in [1.165, 1.54) is 0 Å². The summed E-state index contributed by atoms with van der Waals surface area (Å²) in [5, 5.41) is 3.45. The molecule has 0 radical (unpaired) electrons. The highest BCUT2D eigenvalue weighted by atomic mass is 35.5. The number of hydrogen-bond donors (Lipinski definition) is 1. The maximum Gasteiger partial charge on any atom is 0.255 e. The van der Waals surface area contributed by atoms with E-state index < -0.39 is 0 Å². The molecule has 0 aliphatic heterocycles.